The van der Waals surface area contributed by atoms with Crippen LogP contribution in [-0.2, 0) is 4.79 Å². The molecule has 1 atom stereocenters. The lowest BCUT2D eigenvalue weighted by Gasteiger charge is -2.14. The molecule has 142 valence electrons. The normalized spacial score (nSPS) is 16.5. The first kappa shape index (κ1) is 18.5. The molecule has 3 aromatic rings. The van der Waals surface area contributed by atoms with Gasteiger partial charge in [0.2, 0.25) is 5.91 Å². The van der Waals surface area contributed by atoms with Crippen molar-refractivity contribution in [2.24, 2.45) is 0 Å². The van der Waals surface area contributed by atoms with Crippen molar-refractivity contribution in [3.63, 3.8) is 0 Å². The minimum Gasteiger partial charge on any atom is -0.338 e. The number of benzene rings is 2. The highest BCUT2D eigenvalue weighted by Crippen LogP contribution is 2.34. The summed E-state index contributed by atoms with van der Waals surface area (Å²) in [6.45, 7) is 4.70. The number of carbonyl (C=O) groups excluding carboxylic acids is 1. The second-order valence-electron chi connectivity index (χ2n) is 6.72. The van der Waals surface area contributed by atoms with Crippen LogP contribution in [0.1, 0.15) is 18.2 Å². The molecule has 0 radical (unpaired) electrons. The number of hydrogen-bond acceptors (Lipinski definition) is 3. The first-order valence-corrected chi connectivity index (χ1v) is 9.17. The number of aromatic nitrogens is 2. The van der Waals surface area contributed by atoms with Gasteiger partial charge in [-0.1, -0.05) is 18.2 Å². The Kier molecular flexibility index (Phi) is 4.81. The zero-order chi connectivity index (χ0) is 19.8. The average molecular weight is 400 g/mol. The van der Waals surface area contributed by atoms with E-state index in [1.54, 1.807) is 23.2 Å². The van der Waals surface area contributed by atoms with Gasteiger partial charge in [-0.15, -0.1) is 0 Å². The van der Waals surface area contributed by atoms with Crippen LogP contribution in [-0.4, -0.2) is 33.9 Å². The molecule has 0 aliphatic carbocycles. The van der Waals surface area contributed by atoms with Gasteiger partial charge in [0.1, 0.15) is 17.5 Å². The maximum Gasteiger partial charge on any atom is 0.245 e. The van der Waals surface area contributed by atoms with Crippen LogP contribution in [0.15, 0.2) is 49.2 Å². The third-order valence-electron chi connectivity index (χ3n) is 4.95. The van der Waals surface area contributed by atoms with Gasteiger partial charge in [0, 0.05) is 47.8 Å². The van der Waals surface area contributed by atoms with Gasteiger partial charge in [-0.3, -0.25) is 4.79 Å². The van der Waals surface area contributed by atoms with E-state index in [4.69, 9.17) is 11.6 Å². The number of hydrogen-bond donors (Lipinski definition) is 0. The van der Waals surface area contributed by atoms with Gasteiger partial charge >= 0.3 is 0 Å². The monoisotopic (exact) mass is 399 g/mol. The minimum absolute atomic E-state index is 0.0429. The van der Waals surface area contributed by atoms with Crippen molar-refractivity contribution in [3.8, 4) is 11.1 Å². The Morgan fingerprint density at radius 3 is 2.82 bits per heavy atom. The van der Waals surface area contributed by atoms with Crippen molar-refractivity contribution in [2.75, 3.05) is 13.1 Å². The Labute approximate surface area is 165 Å². The van der Waals surface area contributed by atoms with Crippen LogP contribution in [0.2, 0.25) is 5.02 Å². The van der Waals surface area contributed by atoms with E-state index in [2.05, 4.69) is 16.5 Å². The molecule has 1 saturated heterocycles. The summed E-state index contributed by atoms with van der Waals surface area (Å²) in [6.07, 6.45) is 3.74. The molecule has 2 aromatic carbocycles. The first-order valence-electron chi connectivity index (χ1n) is 8.79. The highest BCUT2D eigenvalue weighted by Gasteiger charge is 2.28. The fourth-order valence-corrected chi connectivity index (χ4v) is 3.74. The summed E-state index contributed by atoms with van der Waals surface area (Å²) in [5.41, 5.74) is 1.30. The topological polar surface area (TPSA) is 46.1 Å². The molecule has 0 spiro atoms. The van der Waals surface area contributed by atoms with Gasteiger partial charge in [0.15, 0.2) is 0 Å². The van der Waals surface area contributed by atoms with Crippen molar-refractivity contribution < 1.29 is 13.6 Å². The van der Waals surface area contributed by atoms with Gasteiger partial charge in [-0.05, 0) is 36.8 Å². The fraction of sp³-hybridized carbons (Fsp3) is 0.190. The molecule has 4 nitrogen and oxygen atoms in total. The molecule has 0 bridgehead atoms. The zero-order valence-electron chi connectivity index (χ0n) is 14.8. The number of nitrogens with zero attached hydrogens (tertiary/aromatic N) is 3. The molecule has 1 aromatic heterocycles. The molecular formula is C21H16ClF2N3O. The van der Waals surface area contributed by atoms with Crippen molar-refractivity contribution >= 4 is 28.4 Å². The van der Waals surface area contributed by atoms with Crippen LogP contribution < -0.4 is 0 Å². The molecule has 2 heterocycles. The van der Waals surface area contributed by atoms with Gasteiger partial charge in [-0.2, -0.15) is 0 Å². The van der Waals surface area contributed by atoms with Crippen molar-refractivity contribution in [1.82, 2.24) is 14.9 Å². The van der Waals surface area contributed by atoms with E-state index in [1.807, 2.05) is 0 Å². The molecule has 0 saturated carbocycles. The molecule has 7 heteroatoms. The highest BCUT2D eigenvalue weighted by atomic mass is 35.5. The molecule has 0 N–H and O–H groups in total. The molecule has 1 amide bonds. The Morgan fingerprint density at radius 2 is 2.07 bits per heavy atom. The smallest absolute Gasteiger partial charge is 0.245 e. The van der Waals surface area contributed by atoms with E-state index in [0.717, 1.165) is 12.5 Å². The minimum atomic E-state index is -0.684. The van der Waals surface area contributed by atoms with Crippen LogP contribution in [0, 0.1) is 11.6 Å². The summed E-state index contributed by atoms with van der Waals surface area (Å²) in [5, 5.41) is 1.02. The predicted molar refractivity (Wildman–Crippen MR) is 104 cm³/mol. The Morgan fingerprint density at radius 1 is 1.25 bits per heavy atom. The second-order valence-corrected chi connectivity index (χ2v) is 7.12. The summed E-state index contributed by atoms with van der Waals surface area (Å²) in [4.78, 5) is 22.5. The molecular weight excluding hydrogens is 384 g/mol. The summed E-state index contributed by atoms with van der Waals surface area (Å²) in [6, 6.07) is 6.72. The Bertz CT molecular complexity index is 1100. The van der Waals surface area contributed by atoms with E-state index in [-0.39, 0.29) is 17.4 Å². The van der Waals surface area contributed by atoms with Crippen LogP contribution in [0.4, 0.5) is 8.78 Å². The number of rotatable bonds is 3. The number of likely N-dealkylation sites (tertiary alicyclic amines) is 1. The largest absolute Gasteiger partial charge is 0.338 e. The number of carbonyl (C=O) groups is 1. The van der Waals surface area contributed by atoms with Crippen LogP contribution in [0.3, 0.4) is 0 Å². The molecule has 1 aliphatic heterocycles. The molecule has 4 rings (SSSR count). The van der Waals surface area contributed by atoms with E-state index >= 15 is 0 Å². The maximum atomic E-state index is 14.1. The second kappa shape index (κ2) is 7.28. The molecule has 1 aliphatic rings. The Balaban J connectivity index is 1.68. The molecule has 28 heavy (non-hydrogen) atoms. The lowest BCUT2D eigenvalue weighted by Crippen LogP contribution is -2.26. The highest BCUT2D eigenvalue weighted by molar-refractivity contribution is 6.34. The van der Waals surface area contributed by atoms with E-state index < -0.39 is 11.6 Å². The summed E-state index contributed by atoms with van der Waals surface area (Å²) in [5.74, 6) is -0.745. The van der Waals surface area contributed by atoms with Crippen molar-refractivity contribution in [3.05, 3.63) is 71.7 Å². The zero-order valence-corrected chi connectivity index (χ0v) is 15.6. The SMILES string of the molecule is C=CC(=O)N1CCC(c2ncc3cc(-c4ccc(F)cc4F)c(Cl)cc3n2)C1. The quantitative estimate of drug-likeness (QED) is 0.598. The summed E-state index contributed by atoms with van der Waals surface area (Å²) in [7, 11) is 0. The third kappa shape index (κ3) is 3.36. The lowest BCUT2D eigenvalue weighted by atomic mass is 10.0. The molecule has 1 unspecified atom stereocenters. The lowest BCUT2D eigenvalue weighted by molar-refractivity contribution is -0.125. The van der Waals surface area contributed by atoms with Gasteiger partial charge in [-0.25, -0.2) is 18.7 Å². The van der Waals surface area contributed by atoms with Gasteiger partial charge < -0.3 is 4.90 Å². The standard InChI is InChI=1S/C21H16ClF2N3O/c1-2-20(28)27-6-5-12(11-27)21-25-10-13-7-16(17(22)9-19(13)26-21)15-4-3-14(23)8-18(15)24/h2-4,7-10,12H,1,5-6,11H2. The average Bonchev–Trinajstić information content (AvgIpc) is 3.17. The maximum absolute atomic E-state index is 14.1. The van der Waals surface area contributed by atoms with E-state index in [1.165, 1.54) is 18.2 Å². The van der Waals surface area contributed by atoms with Crippen LogP contribution in [0.5, 0.6) is 0 Å². The summed E-state index contributed by atoms with van der Waals surface area (Å²) >= 11 is 6.36. The van der Waals surface area contributed by atoms with Crippen molar-refractivity contribution in [1.29, 1.82) is 0 Å². The first-order chi connectivity index (χ1) is 13.5. The number of fused-ring (bicyclic) bond motifs is 1. The van der Waals surface area contributed by atoms with Crippen LogP contribution >= 0.6 is 11.6 Å². The third-order valence-corrected chi connectivity index (χ3v) is 5.26. The van der Waals surface area contributed by atoms with Gasteiger partial charge in [0.05, 0.1) is 10.5 Å². The van der Waals surface area contributed by atoms with E-state index in [0.29, 0.717) is 40.4 Å². The number of amides is 1. The fourth-order valence-electron chi connectivity index (χ4n) is 3.48. The van der Waals surface area contributed by atoms with Crippen molar-refractivity contribution in [2.45, 2.75) is 12.3 Å². The van der Waals surface area contributed by atoms with E-state index in [9.17, 15) is 13.6 Å². The predicted octanol–water partition coefficient (Wildman–Crippen LogP) is 4.73. The number of halogens is 3. The van der Waals surface area contributed by atoms with Crippen LogP contribution in [0.25, 0.3) is 22.0 Å². The molecule has 1 fully saturated rings. The van der Waals surface area contributed by atoms with Gasteiger partial charge in [0.25, 0.3) is 0 Å². The Hall–Kier alpha value is -2.86. The summed E-state index contributed by atoms with van der Waals surface area (Å²) < 4.78 is 27.3.